The second-order valence-corrected chi connectivity index (χ2v) is 5.46. The van der Waals surface area contributed by atoms with E-state index in [1.165, 1.54) is 6.07 Å². The quantitative estimate of drug-likeness (QED) is 0.783. The molecule has 0 aliphatic carbocycles. The molecule has 1 aliphatic rings. The maximum atomic E-state index is 12.4. The molecule has 0 spiro atoms. The lowest BCUT2D eigenvalue weighted by Crippen LogP contribution is -2.36. The molecule has 0 N–H and O–H groups in total. The summed E-state index contributed by atoms with van der Waals surface area (Å²) in [5.74, 6) is 0.953. The second kappa shape index (κ2) is 5.53. The van der Waals surface area contributed by atoms with Crippen LogP contribution in [0.5, 0.6) is 0 Å². The zero-order valence-electron chi connectivity index (χ0n) is 10.5. The molecule has 0 aromatic carbocycles. The Balaban J connectivity index is 2.00. The minimum absolute atomic E-state index is 0.126. The van der Waals surface area contributed by atoms with E-state index >= 15 is 0 Å². The van der Waals surface area contributed by atoms with E-state index in [9.17, 15) is 13.2 Å². The number of aromatic nitrogens is 2. The molecule has 1 aliphatic heterocycles. The highest BCUT2D eigenvalue weighted by Gasteiger charge is 2.33. The summed E-state index contributed by atoms with van der Waals surface area (Å²) in [6.45, 7) is 3.48. The van der Waals surface area contributed by atoms with Crippen LogP contribution in [0.15, 0.2) is 12.1 Å². The average molecular weight is 294 g/mol. The van der Waals surface area contributed by atoms with Gasteiger partial charge in [-0.2, -0.15) is 13.2 Å². The lowest BCUT2D eigenvalue weighted by molar-refractivity contribution is -0.141. The molecule has 0 radical (unpaired) electrons. The van der Waals surface area contributed by atoms with Crippen molar-refractivity contribution in [1.29, 1.82) is 0 Å². The van der Waals surface area contributed by atoms with Gasteiger partial charge in [-0.05, 0) is 37.8 Å². The molecule has 19 heavy (non-hydrogen) atoms. The Labute approximate surface area is 114 Å². The molecule has 1 aromatic heterocycles. The highest BCUT2D eigenvalue weighted by Crippen LogP contribution is 2.29. The predicted molar refractivity (Wildman–Crippen MR) is 67.3 cm³/mol. The third-order valence-electron chi connectivity index (χ3n) is 3.45. The molecule has 1 fully saturated rings. The number of anilines is 1. The number of halogens is 4. The van der Waals surface area contributed by atoms with Gasteiger partial charge in [-0.15, -0.1) is 21.8 Å². The topological polar surface area (TPSA) is 29.0 Å². The predicted octanol–water partition coefficient (Wildman–Crippen LogP) is 3.34. The Morgan fingerprint density at radius 2 is 1.89 bits per heavy atom. The van der Waals surface area contributed by atoms with Crippen LogP contribution in [0.2, 0.25) is 0 Å². The van der Waals surface area contributed by atoms with E-state index in [1.807, 2.05) is 11.8 Å². The van der Waals surface area contributed by atoms with Crippen molar-refractivity contribution < 1.29 is 13.2 Å². The molecule has 2 rings (SSSR count). The van der Waals surface area contributed by atoms with E-state index in [0.717, 1.165) is 32.0 Å². The summed E-state index contributed by atoms with van der Waals surface area (Å²) in [6.07, 6.45) is -2.59. The van der Waals surface area contributed by atoms with Crippen molar-refractivity contribution in [2.24, 2.45) is 5.92 Å². The monoisotopic (exact) mass is 293 g/mol. The van der Waals surface area contributed by atoms with Gasteiger partial charge in [-0.3, -0.25) is 0 Å². The molecule has 7 heteroatoms. The van der Waals surface area contributed by atoms with Gasteiger partial charge in [0.15, 0.2) is 11.5 Å². The van der Waals surface area contributed by atoms with Crippen LogP contribution in [0.25, 0.3) is 0 Å². The Hall–Kier alpha value is -1.04. The minimum atomic E-state index is -4.44. The zero-order chi connectivity index (χ0) is 14.0. The van der Waals surface area contributed by atoms with E-state index < -0.39 is 11.9 Å². The summed E-state index contributed by atoms with van der Waals surface area (Å²) in [4.78, 5) is 1.95. The first-order chi connectivity index (χ1) is 8.88. The van der Waals surface area contributed by atoms with Gasteiger partial charge >= 0.3 is 6.18 Å². The summed E-state index contributed by atoms with van der Waals surface area (Å²) in [7, 11) is 0. The maximum absolute atomic E-state index is 12.4. The molecule has 1 saturated heterocycles. The van der Waals surface area contributed by atoms with Crippen molar-refractivity contribution in [2.45, 2.75) is 31.3 Å². The molecule has 2 heterocycles. The Morgan fingerprint density at radius 3 is 2.32 bits per heavy atom. The summed E-state index contributed by atoms with van der Waals surface area (Å²) >= 11 is 6.05. The van der Waals surface area contributed by atoms with Crippen molar-refractivity contribution in [3.05, 3.63) is 17.8 Å². The van der Waals surface area contributed by atoms with Crippen molar-refractivity contribution in [1.82, 2.24) is 10.2 Å². The van der Waals surface area contributed by atoms with E-state index in [0.29, 0.717) is 11.7 Å². The molecule has 0 saturated carbocycles. The lowest BCUT2D eigenvalue weighted by Gasteiger charge is -2.33. The van der Waals surface area contributed by atoms with Crippen LogP contribution in [0, 0.1) is 5.92 Å². The third kappa shape index (κ3) is 3.49. The zero-order valence-corrected chi connectivity index (χ0v) is 11.2. The van der Waals surface area contributed by atoms with Crippen LogP contribution in [0.1, 0.15) is 25.5 Å². The van der Waals surface area contributed by atoms with Gasteiger partial charge in [0.1, 0.15) is 0 Å². The van der Waals surface area contributed by atoms with Crippen LogP contribution in [-0.2, 0) is 6.18 Å². The lowest BCUT2D eigenvalue weighted by atomic mass is 9.94. The van der Waals surface area contributed by atoms with Crippen molar-refractivity contribution in [3.8, 4) is 0 Å². The molecule has 0 bridgehead atoms. The summed E-state index contributed by atoms with van der Waals surface area (Å²) in [5, 5.41) is 7.02. The van der Waals surface area contributed by atoms with Gasteiger partial charge in [-0.25, -0.2) is 0 Å². The summed E-state index contributed by atoms with van der Waals surface area (Å²) in [5.41, 5.74) is -0.958. The van der Waals surface area contributed by atoms with E-state index in [1.54, 1.807) is 0 Å². The van der Waals surface area contributed by atoms with Gasteiger partial charge in [0, 0.05) is 18.5 Å². The van der Waals surface area contributed by atoms with Gasteiger partial charge in [0.2, 0.25) is 0 Å². The average Bonchev–Trinajstić information content (AvgIpc) is 2.38. The van der Waals surface area contributed by atoms with E-state index in [4.69, 9.17) is 11.6 Å². The second-order valence-electron chi connectivity index (χ2n) is 4.78. The Bertz CT molecular complexity index is 411. The molecular formula is C12H15ClF3N3. The first-order valence-electron chi connectivity index (χ1n) is 6.18. The van der Waals surface area contributed by atoms with E-state index in [-0.39, 0.29) is 5.38 Å². The summed E-state index contributed by atoms with van der Waals surface area (Å²) < 4.78 is 37.1. The highest BCUT2D eigenvalue weighted by atomic mass is 35.5. The van der Waals surface area contributed by atoms with Crippen LogP contribution >= 0.6 is 11.6 Å². The molecule has 1 aromatic rings. The van der Waals surface area contributed by atoms with Crippen LogP contribution in [0.3, 0.4) is 0 Å². The number of piperidine rings is 1. The van der Waals surface area contributed by atoms with Crippen molar-refractivity contribution in [2.75, 3.05) is 18.0 Å². The van der Waals surface area contributed by atoms with Gasteiger partial charge in [-0.1, -0.05) is 0 Å². The standard InChI is InChI=1S/C12H15ClF3N3/c1-8(13)9-4-6-19(7-5-9)11-3-2-10(17-18-11)12(14,15)16/h2-3,8-9H,4-7H2,1H3. The van der Waals surface area contributed by atoms with Gasteiger partial charge < -0.3 is 4.90 Å². The third-order valence-corrected chi connectivity index (χ3v) is 3.81. The van der Waals surface area contributed by atoms with Crippen LogP contribution in [-0.4, -0.2) is 28.7 Å². The fourth-order valence-electron chi connectivity index (χ4n) is 2.23. The van der Waals surface area contributed by atoms with Crippen molar-refractivity contribution in [3.63, 3.8) is 0 Å². The molecule has 3 nitrogen and oxygen atoms in total. The van der Waals surface area contributed by atoms with Gasteiger partial charge in [0.05, 0.1) is 0 Å². The number of nitrogens with zero attached hydrogens (tertiary/aromatic N) is 3. The number of rotatable bonds is 2. The van der Waals surface area contributed by atoms with E-state index in [2.05, 4.69) is 10.2 Å². The normalized spacial score (nSPS) is 19.5. The maximum Gasteiger partial charge on any atom is 0.435 e. The molecule has 106 valence electrons. The SMILES string of the molecule is CC(Cl)C1CCN(c2ccc(C(F)(F)F)nn2)CC1. The molecule has 1 unspecified atom stereocenters. The van der Waals surface area contributed by atoms with Crippen LogP contribution in [0.4, 0.5) is 19.0 Å². The van der Waals surface area contributed by atoms with Crippen LogP contribution < -0.4 is 4.90 Å². The highest BCUT2D eigenvalue weighted by molar-refractivity contribution is 6.20. The molecule has 1 atom stereocenters. The smallest absolute Gasteiger partial charge is 0.355 e. The number of hydrogen-bond acceptors (Lipinski definition) is 3. The first-order valence-corrected chi connectivity index (χ1v) is 6.61. The largest absolute Gasteiger partial charge is 0.435 e. The Morgan fingerprint density at radius 1 is 1.26 bits per heavy atom. The van der Waals surface area contributed by atoms with Gasteiger partial charge in [0.25, 0.3) is 0 Å². The summed E-state index contributed by atoms with van der Waals surface area (Å²) in [6, 6.07) is 2.35. The fourth-order valence-corrected chi connectivity index (χ4v) is 2.48. The number of hydrogen-bond donors (Lipinski definition) is 0. The molecular weight excluding hydrogens is 279 g/mol. The molecule has 0 amide bonds. The Kier molecular flexibility index (Phi) is 4.18. The minimum Gasteiger partial charge on any atom is -0.355 e. The first kappa shape index (κ1) is 14.4. The fraction of sp³-hybridized carbons (Fsp3) is 0.667. The van der Waals surface area contributed by atoms with Crippen molar-refractivity contribution >= 4 is 17.4 Å². The number of alkyl halides is 4.